The summed E-state index contributed by atoms with van der Waals surface area (Å²) in [6.07, 6.45) is 6.23. The Labute approximate surface area is 205 Å². The van der Waals surface area contributed by atoms with Crippen LogP contribution in [0.15, 0.2) is 35.3 Å². The summed E-state index contributed by atoms with van der Waals surface area (Å²) in [7, 11) is 1.83. The van der Waals surface area contributed by atoms with Crippen LogP contribution in [0.25, 0.3) is 0 Å². The normalized spacial score (nSPS) is 15.9. The average molecular weight is 544 g/mol. The molecule has 1 amide bonds. The predicted octanol–water partition coefficient (Wildman–Crippen LogP) is 3.50. The number of benzene rings is 1. The second kappa shape index (κ2) is 14.7. The third kappa shape index (κ3) is 8.60. The van der Waals surface area contributed by atoms with Gasteiger partial charge in [-0.05, 0) is 63.7 Å². The number of amides is 1. The van der Waals surface area contributed by atoms with E-state index in [4.69, 9.17) is 5.73 Å². The Hall–Kier alpha value is -1.35. The lowest BCUT2D eigenvalue weighted by molar-refractivity contribution is -0.123. The topological polar surface area (TPSA) is 82.8 Å². The first-order valence-corrected chi connectivity index (χ1v) is 11.6. The quantitative estimate of drug-likeness (QED) is 0.173. The van der Waals surface area contributed by atoms with Gasteiger partial charge in [0.15, 0.2) is 5.96 Å². The fraction of sp³-hybridized carbons (Fsp3) is 0.667. The summed E-state index contributed by atoms with van der Waals surface area (Å²) >= 11 is 0. The Bertz CT molecular complexity index is 655. The van der Waals surface area contributed by atoms with Crippen LogP contribution in [0, 0.1) is 5.92 Å². The zero-order chi connectivity index (χ0) is 21.8. The first kappa shape index (κ1) is 27.7. The maximum atomic E-state index is 11.3. The van der Waals surface area contributed by atoms with Crippen LogP contribution in [0.3, 0.4) is 0 Å². The van der Waals surface area contributed by atoms with Gasteiger partial charge >= 0.3 is 0 Å². The molecule has 0 saturated carbocycles. The number of hydrogen-bond acceptors (Lipinski definition) is 3. The highest BCUT2D eigenvalue weighted by Gasteiger charge is 2.28. The molecule has 1 heterocycles. The average Bonchev–Trinajstić information content (AvgIpc) is 2.79. The van der Waals surface area contributed by atoms with E-state index in [0.717, 1.165) is 77.2 Å². The van der Waals surface area contributed by atoms with Crippen molar-refractivity contribution in [2.45, 2.75) is 57.8 Å². The van der Waals surface area contributed by atoms with E-state index in [-0.39, 0.29) is 41.2 Å². The van der Waals surface area contributed by atoms with E-state index in [1.165, 1.54) is 5.56 Å². The number of likely N-dealkylation sites (tertiary alicyclic amines) is 1. The van der Waals surface area contributed by atoms with Crippen molar-refractivity contribution in [2.24, 2.45) is 16.6 Å². The van der Waals surface area contributed by atoms with Gasteiger partial charge in [0, 0.05) is 31.5 Å². The summed E-state index contributed by atoms with van der Waals surface area (Å²) in [6, 6.07) is 10.8. The van der Waals surface area contributed by atoms with Crippen molar-refractivity contribution in [3.63, 3.8) is 0 Å². The first-order valence-electron chi connectivity index (χ1n) is 11.6. The second-order valence-corrected chi connectivity index (χ2v) is 8.43. The van der Waals surface area contributed by atoms with Gasteiger partial charge < -0.3 is 21.3 Å². The predicted molar refractivity (Wildman–Crippen MR) is 141 cm³/mol. The number of halogens is 1. The number of nitrogens with two attached hydrogens (primary N) is 1. The molecule has 7 heteroatoms. The van der Waals surface area contributed by atoms with Gasteiger partial charge in [-0.1, -0.05) is 44.2 Å². The molecule has 1 aromatic carbocycles. The number of nitrogens with zero attached hydrogens (tertiary/aromatic N) is 2. The molecule has 2 rings (SSSR count). The summed E-state index contributed by atoms with van der Waals surface area (Å²) in [5, 5.41) is 7.01. The molecular weight excluding hydrogens is 501 g/mol. The molecule has 0 spiro atoms. The molecule has 0 aliphatic carbocycles. The molecule has 0 bridgehead atoms. The van der Waals surface area contributed by atoms with E-state index in [1.807, 2.05) is 7.05 Å². The van der Waals surface area contributed by atoms with Crippen molar-refractivity contribution in [3.05, 3.63) is 35.9 Å². The Morgan fingerprint density at radius 3 is 2.32 bits per heavy atom. The zero-order valence-corrected chi connectivity index (χ0v) is 21.9. The molecule has 0 aromatic heterocycles. The number of guanidine groups is 1. The van der Waals surface area contributed by atoms with Crippen LogP contribution in [0.5, 0.6) is 0 Å². The smallest absolute Gasteiger partial charge is 0.220 e. The number of carbonyl (C=O) groups is 1. The standard InChI is InChI=1S/C24H41N5O.HI/c1-4-24(5-2,21-11-7-6-8-12-21)19-28-23(26-3)27-15-9-10-16-29-17-13-20(14-18-29)22(25)30;/h6-8,11-12,20H,4-5,9-10,13-19H2,1-3H3,(H2,25,30)(H2,26,27,28);1H. The van der Waals surface area contributed by atoms with Gasteiger partial charge in [0.2, 0.25) is 5.91 Å². The van der Waals surface area contributed by atoms with Gasteiger partial charge in [-0.3, -0.25) is 9.79 Å². The largest absolute Gasteiger partial charge is 0.369 e. The van der Waals surface area contributed by atoms with Crippen LogP contribution in [0.1, 0.15) is 57.9 Å². The van der Waals surface area contributed by atoms with Crippen LogP contribution in [-0.4, -0.2) is 56.5 Å². The number of aliphatic imine (C=N–C) groups is 1. The third-order valence-corrected chi connectivity index (χ3v) is 6.74. The minimum absolute atomic E-state index is 0. The molecule has 1 saturated heterocycles. The van der Waals surface area contributed by atoms with E-state index in [1.54, 1.807) is 0 Å². The van der Waals surface area contributed by atoms with Gasteiger partial charge in [-0.2, -0.15) is 0 Å². The molecule has 1 aromatic rings. The Morgan fingerprint density at radius 2 is 1.77 bits per heavy atom. The van der Waals surface area contributed by atoms with E-state index < -0.39 is 0 Å². The Morgan fingerprint density at radius 1 is 1.13 bits per heavy atom. The number of unbranched alkanes of at least 4 members (excludes halogenated alkanes) is 1. The SMILES string of the molecule is CCC(CC)(CNC(=NC)NCCCCN1CCC(C(N)=O)CC1)c1ccccc1.I. The summed E-state index contributed by atoms with van der Waals surface area (Å²) in [6.45, 7) is 9.37. The molecule has 0 unspecified atom stereocenters. The highest BCUT2D eigenvalue weighted by atomic mass is 127. The highest BCUT2D eigenvalue weighted by molar-refractivity contribution is 14.0. The highest BCUT2D eigenvalue weighted by Crippen LogP contribution is 2.30. The van der Waals surface area contributed by atoms with Crippen molar-refractivity contribution in [3.8, 4) is 0 Å². The lowest BCUT2D eigenvalue weighted by Gasteiger charge is -2.33. The Kier molecular flexibility index (Phi) is 13.1. The number of piperidine rings is 1. The van der Waals surface area contributed by atoms with E-state index in [0.29, 0.717) is 0 Å². The number of primary amides is 1. The van der Waals surface area contributed by atoms with Gasteiger partial charge in [0.05, 0.1) is 0 Å². The Balaban J connectivity index is 0.00000480. The maximum absolute atomic E-state index is 11.3. The third-order valence-electron chi connectivity index (χ3n) is 6.74. The maximum Gasteiger partial charge on any atom is 0.220 e. The molecule has 6 nitrogen and oxygen atoms in total. The van der Waals surface area contributed by atoms with Crippen molar-refractivity contribution >= 4 is 35.8 Å². The molecule has 1 aliphatic heterocycles. The molecule has 31 heavy (non-hydrogen) atoms. The molecule has 4 N–H and O–H groups in total. The van der Waals surface area contributed by atoms with E-state index in [2.05, 4.69) is 64.7 Å². The summed E-state index contributed by atoms with van der Waals surface area (Å²) < 4.78 is 0. The van der Waals surface area contributed by atoms with Gasteiger partial charge in [-0.15, -0.1) is 24.0 Å². The molecule has 0 atom stereocenters. The van der Waals surface area contributed by atoms with E-state index >= 15 is 0 Å². The van der Waals surface area contributed by atoms with Crippen molar-refractivity contribution in [2.75, 3.05) is 39.8 Å². The second-order valence-electron chi connectivity index (χ2n) is 8.43. The van der Waals surface area contributed by atoms with Crippen LogP contribution in [-0.2, 0) is 10.2 Å². The monoisotopic (exact) mass is 543 g/mol. The molecule has 176 valence electrons. The van der Waals surface area contributed by atoms with Gasteiger partial charge in [0.25, 0.3) is 0 Å². The van der Waals surface area contributed by atoms with Crippen LogP contribution >= 0.6 is 24.0 Å². The van der Waals surface area contributed by atoms with Crippen molar-refractivity contribution in [1.82, 2.24) is 15.5 Å². The van der Waals surface area contributed by atoms with Gasteiger partial charge in [-0.25, -0.2) is 0 Å². The summed E-state index contributed by atoms with van der Waals surface area (Å²) in [4.78, 5) is 18.1. The van der Waals surface area contributed by atoms with E-state index in [9.17, 15) is 4.79 Å². The first-order chi connectivity index (χ1) is 14.5. The zero-order valence-electron chi connectivity index (χ0n) is 19.5. The lowest BCUT2D eigenvalue weighted by Crippen LogP contribution is -2.45. The molecular formula is C24H42IN5O. The summed E-state index contributed by atoms with van der Waals surface area (Å²) in [5.74, 6) is 0.811. The minimum Gasteiger partial charge on any atom is -0.369 e. The number of nitrogens with one attached hydrogen (secondary N) is 2. The molecule has 0 radical (unpaired) electrons. The lowest BCUT2D eigenvalue weighted by atomic mass is 9.76. The number of carbonyl (C=O) groups excluding carboxylic acids is 1. The fourth-order valence-electron chi connectivity index (χ4n) is 4.38. The van der Waals surface area contributed by atoms with Crippen LogP contribution in [0.2, 0.25) is 0 Å². The number of hydrogen-bond donors (Lipinski definition) is 3. The molecule has 1 aliphatic rings. The van der Waals surface area contributed by atoms with Gasteiger partial charge in [0.1, 0.15) is 0 Å². The van der Waals surface area contributed by atoms with Crippen molar-refractivity contribution in [1.29, 1.82) is 0 Å². The van der Waals surface area contributed by atoms with Crippen LogP contribution in [0.4, 0.5) is 0 Å². The minimum atomic E-state index is -0.139. The van der Waals surface area contributed by atoms with Crippen LogP contribution < -0.4 is 16.4 Å². The van der Waals surface area contributed by atoms with Crippen molar-refractivity contribution < 1.29 is 4.79 Å². The summed E-state index contributed by atoms with van der Waals surface area (Å²) in [5.41, 5.74) is 6.92. The number of rotatable bonds is 11. The fourth-order valence-corrected chi connectivity index (χ4v) is 4.38. The molecule has 1 fully saturated rings.